The van der Waals surface area contributed by atoms with Crippen molar-refractivity contribution in [3.05, 3.63) is 108 Å². The molecular weight excluding hydrogens is 448 g/mol. The molecule has 2 heterocycles. The zero-order valence-corrected chi connectivity index (χ0v) is 20.1. The molecule has 0 spiro atoms. The Morgan fingerprint density at radius 1 is 0.944 bits per heavy atom. The summed E-state index contributed by atoms with van der Waals surface area (Å²) in [4.78, 5) is 31.9. The van der Waals surface area contributed by atoms with Crippen LogP contribution in [0.4, 0.5) is 5.69 Å². The summed E-state index contributed by atoms with van der Waals surface area (Å²) in [5.41, 5.74) is 9.73. The number of hydrogen-bond donors (Lipinski definition) is 2. The number of likely N-dealkylation sites (tertiary alicyclic amines) is 1. The van der Waals surface area contributed by atoms with E-state index < -0.39 is 6.04 Å². The molecule has 182 valence electrons. The summed E-state index contributed by atoms with van der Waals surface area (Å²) in [5.74, 6) is -0.136. The summed E-state index contributed by atoms with van der Waals surface area (Å²) >= 11 is 0. The standard InChI is InChI=1S/C30H30N4O2/c31-27(22-11-13-23(14-12-22)30(36)33-24-15-17-32-18-16-24)20-29(35)34-19-4-3-10-28(34)26-9-5-7-21-6-1-2-8-25(21)26/h1-2,5-9,11-18,27-28H,3-4,10,19-20,31H2,(H,32,33,36). The molecule has 2 amide bonds. The summed E-state index contributed by atoms with van der Waals surface area (Å²) in [5, 5.41) is 5.24. The number of fused-ring (bicyclic) bond motifs is 1. The summed E-state index contributed by atoms with van der Waals surface area (Å²) in [6.45, 7) is 0.744. The number of aromatic nitrogens is 1. The van der Waals surface area contributed by atoms with Gasteiger partial charge in [-0.25, -0.2) is 0 Å². The molecule has 1 fully saturated rings. The predicted octanol–water partition coefficient (Wildman–Crippen LogP) is 5.63. The minimum absolute atomic E-state index is 0.0591. The first kappa shape index (κ1) is 23.7. The number of nitrogens with zero attached hydrogens (tertiary/aromatic N) is 2. The Balaban J connectivity index is 1.27. The van der Waals surface area contributed by atoms with E-state index in [-0.39, 0.29) is 24.3 Å². The van der Waals surface area contributed by atoms with Gasteiger partial charge in [0.05, 0.1) is 6.04 Å². The van der Waals surface area contributed by atoms with E-state index in [1.807, 2.05) is 23.1 Å². The summed E-state index contributed by atoms with van der Waals surface area (Å²) < 4.78 is 0. The highest BCUT2D eigenvalue weighted by atomic mass is 16.2. The van der Waals surface area contributed by atoms with Crippen LogP contribution >= 0.6 is 0 Å². The fourth-order valence-electron chi connectivity index (χ4n) is 5.04. The number of carbonyl (C=O) groups excluding carboxylic acids is 2. The van der Waals surface area contributed by atoms with E-state index in [0.717, 1.165) is 31.4 Å². The molecule has 36 heavy (non-hydrogen) atoms. The van der Waals surface area contributed by atoms with Gasteiger partial charge in [-0.05, 0) is 65.4 Å². The first-order valence-electron chi connectivity index (χ1n) is 12.4. The summed E-state index contributed by atoms with van der Waals surface area (Å²) in [6, 6.07) is 24.9. The molecule has 3 N–H and O–H groups in total. The second-order valence-corrected chi connectivity index (χ2v) is 9.29. The SMILES string of the molecule is NC(CC(=O)N1CCCCC1c1cccc2ccccc12)c1ccc(C(=O)Nc2ccncc2)cc1. The van der Waals surface area contributed by atoms with Crippen LogP contribution in [0, 0.1) is 0 Å². The van der Waals surface area contributed by atoms with Gasteiger partial charge < -0.3 is 16.0 Å². The van der Waals surface area contributed by atoms with E-state index in [2.05, 4.69) is 46.7 Å². The Morgan fingerprint density at radius 3 is 2.50 bits per heavy atom. The zero-order chi connectivity index (χ0) is 24.9. The van der Waals surface area contributed by atoms with Crippen molar-refractivity contribution >= 4 is 28.3 Å². The molecule has 1 aliphatic rings. The number of pyridine rings is 1. The third-order valence-electron chi connectivity index (χ3n) is 6.94. The fraction of sp³-hybridized carbons (Fsp3) is 0.233. The van der Waals surface area contributed by atoms with Gasteiger partial charge in [0.25, 0.3) is 5.91 Å². The molecule has 1 aromatic heterocycles. The van der Waals surface area contributed by atoms with Gasteiger partial charge in [0.1, 0.15) is 0 Å². The first-order chi connectivity index (χ1) is 17.6. The van der Waals surface area contributed by atoms with Gasteiger partial charge in [-0.2, -0.15) is 0 Å². The van der Waals surface area contributed by atoms with Crippen molar-refractivity contribution in [2.75, 3.05) is 11.9 Å². The lowest BCUT2D eigenvalue weighted by Gasteiger charge is -2.37. The molecule has 6 nitrogen and oxygen atoms in total. The molecule has 0 aliphatic carbocycles. The summed E-state index contributed by atoms with van der Waals surface area (Å²) in [6.07, 6.45) is 6.54. The van der Waals surface area contributed by atoms with Crippen molar-refractivity contribution in [3.8, 4) is 0 Å². The van der Waals surface area contributed by atoms with E-state index in [1.165, 1.54) is 16.3 Å². The molecule has 3 aromatic carbocycles. The lowest BCUT2D eigenvalue weighted by Crippen LogP contribution is -2.39. The van der Waals surface area contributed by atoms with E-state index in [9.17, 15) is 9.59 Å². The highest BCUT2D eigenvalue weighted by Crippen LogP contribution is 2.36. The van der Waals surface area contributed by atoms with Gasteiger partial charge in [-0.15, -0.1) is 0 Å². The second-order valence-electron chi connectivity index (χ2n) is 9.29. The fourth-order valence-corrected chi connectivity index (χ4v) is 5.04. The average molecular weight is 479 g/mol. The van der Waals surface area contributed by atoms with Crippen molar-refractivity contribution in [2.24, 2.45) is 5.73 Å². The first-order valence-corrected chi connectivity index (χ1v) is 12.4. The van der Waals surface area contributed by atoms with Crippen LogP contribution in [-0.2, 0) is 4.79 Å². The van der Waals surface area contributed by atoms with Crippen molar-refractivity contribution in [1.82, 2.24) is 9.88 Å². The largest absolute Gasteiger partial charge is 0.336 e. The maximum Gasteiger partial charge on any atom is 0.255 e. The number of nitrogens with one attached hydrogen (secondary N) is 1. The van der Waals surface area contributed by atoms with Crippen LogP contribution < -0.4 is 11.1 Å². The van der Waals surface area contributed by atoms with Gasteiger partial charge in [0, 0.05) is 42.7 Å². The van der Waals surface area contributed by atoms with Gasteiger partial charge >= 0.3 is 0 Å². The zero-order valence-electron chi connectivity index (χ0n) is 20.1. The van der Waals surface area contributed by atoms with E-state index in [0.29, 0.717) is 11.3 Å². The minimum atomic E-state index is -0.440. The van der Waals surface area contributed by atoms with E-state index in [1.54, 1.807) is 36.7 Å². The van der Waals surface area contributed by atoms with Crippen LogP contribution in [0.15, 0.2) is 91.3 Å². The van der Waals surface area contributed by atoms with Crippen molar-refractivity contribution in [1.29, 1.82) is 0 Å². The quantitative estimate of drug-likeness (QED) is 0.376. The Bertz CT molecular complexity index is 1350. The molecule has 6 heteroatoms. The van der Waals surface area contributed by atoms with Crippen LogP contribution in [0.25, 0.3) is 10.8 Å². The Labute approximate surface area is 211 Å². The third kappa shape index (κ3) is 5.14. The van der Waals surface area contributed by atoms with Crippen LogP contribution in [0.3, 0.4) is 0 Å². The number of rotatable bonds is 6. The molecule has 0 bridgehead atoms. The molecule has 0 saturated carbocycles. The maximum absolute atomic E-state index is 13.5. The highest BCUT2D eigenvalue weighted by Gasteiger charge is 2.30. The number of benzene rings is 3. The smallest absolute Gasteiger partial charge is 0.255 e. The van der Waals surface area contributed by atoms with Crippen LogP contribution in [0.2, 0.25) is 0 Å². The van der Waals surface area contributed by atoms with Crippen molar-refractivity contribution in [2.45, 2.75) is 37.8 Å². The number of piperidine rings is 1. The number of hydrogen-bond acceptors (Lipinski definition) is 4. The molecule has 2 atom stereocenters. The van der Waals surface area contributed by atoms with E-state index >= 15 is 0 Å². The lowest BCUT2D eigenvalue weighted by molar-refractivity contribution is -0.135. The normalized spacial score (nSPS) is 16.5. The van der Waals surface area contributed by atoms with E-state index in [4.69, 9.17) is 5.73 Å². The number of amides is 2. The highest BCUT2D eigenvalue weighted by molar-refractivity contribution is 6.04. The van der Waals surface area contributed by atoms with Crippen molar-refractivity contribution < 1.29 is 9.59 Å². The van der Waals surface area contributed by atoms with Gasteiger partial charge in [0.15, 0.2) is 0 Å². The van der Waals surface area contributed by atoms with Crippen LogP contribution in [0.1, 0.15) is 59.3 Å². The van der Waals surface area contributed by atoms with Gasteiger partial charge in [-0.3, -0.25) is 14.6 Å². The minimum Gasteiger partial charge on any atom is -0.336 e. The summed E-state index contributed by atoms with van der Waals surface area (Å²) in [7, 11) is 0. The molecule has 0 radical (unpaired) electrons. The molecule has 4 aromatic rings. The number of anilines is 1. The van der Waals surface area contributed by atoms with Gasteiger partial charge in [0.2, 0.25) is 5.91 Å². The molecular formula is C30H30N4O2. The maximum atomic E-state index is 13.5. The number of nitrogens with two attached hydrogens (primary N) is 1. The van der Waals surface area contributed by atoms with Crippen LogP contribution in [-0.4, -0.2) is 28.2 Å². The lowest BCUT2D eigenvalue weighted by atomic mass is 9.90. The Hall–Kier alpha value is -4.03. The monoisotopic (exact) mass is 478 g/mol. The Kier molecular flexibility index (Phi) is 7.05. The molecule has 1 aliphatic heterocycles. The predicted molar refractivity (Wildman–Crippen MR) is 142 cm³/mol. The third-order valence-corrected chi connectivity index (χ3v) is 6.94. The van der Waals surface area contributed by atoms with Crippen molar-refractivity contribution in [3.63, 3.8) is 0 Å². The topological polar surface area (TPSA) is 88.3 Å². The molecule has 5 rings (SSSR count). The second kappa shape index (κ2) is 10.7. The van der Waals surface area contributed by atoms with Gasteiger partial charge in [-0.1, -0.05) is 54.6 Å². The molecule has 1 saturated heterocycles. The number of carbonyl (C=O) groups is 2. The Morgan fingerprint density at radius 2 is 1.69 bits per heavy atom. The molecule has 2 unspecified atom stereocenters. The van der Waals surface area contributed by atoms with Crippen LogP contribution in [0.5, 0.6) is 0 Å². The average Bonchev–Trinajstić information content (AvgIpc) is 2.93.